The van der Waals surface area contributed by atoms with Crippen molar-refractivity contribution in [2.75, 3.05) is 36.4 Å². The highest BCUT2D eigenvalue weighted by atomic mass is 32.1. The molecule has 1 aliphatic heterocycles. The molecule has 2 aromatic carbocycles. The van der Waals surface area contributed by atoms with Gasteiger partial charge in [0, 0.05) is 42.9 Å². The number of anilines is 2. The van der Waals surface area contributed by atoms with Crippen molar-refractivity contribution in [2.45, 2.75) is 6.92 Å². The van der Waals surface area contributed by atoms with Crippen molar-refractivity contribution in [3.8, 4) is 11.1 Å². The first-order valence-electron chi connectivity index (χ1n) is 9.22. The Bertz CT molecular complexity index is 930. The molecule has 0 bridgehead atoms. The van der Waals surface area contributed by atoms with Gasteiger partial charge in [0.1, 0.15) is 0 Å². The summed E-state index contributed by atoms with van der Waals surface area (Å²) in [4.78, 5) is 15.8. The average molecular weight is 378 g/mol. The number of nitrogens with one attached hydrogen (secondary N) is 2. The van der Waals surface area contributed by atoms with Crippen molar-refractivity contribution >= 4 is 28.6 Å². The number of piperazine rings is 1. The van der Waals surface area contributed by atoms with Crippen LogP contribution in [0.1, 0.15) is 15.2 Å². The minimum atomic E-state index is -0.0466. The molecular weight excluding hydrogens is 354 g/mol. The Hall–Kier alpha value is -2.63. The normalized spacial score (nSPS) is 14.2. The van der Waals surface area contributed by atoms with E-state index in [9.17, 15) is 4.79 Å². The van der Waals surface area contributed by atoms with E-state index < -0.39 is 0 Å². The summed E-state index contributed by atoms with van der Waals surface area (Å²) in [5.41, 5.74) is 5.30. The van der Waals surface area contributed by atoms with E-state index in [2.05, 4.69) is 45.2 Å². The van der Waals surface area contributed by atoms with Gasteiger partial charge in [-0.05, 0) is 35.7 Å². The van der Waals surface area contributed by atoms with Crippen LogP contribution >= 0.6 is 11.3 Å². The Kier molecular flexibility index (Phi) is 5.23. The molecule has 2 heterocycles. The molecule has 2 N–H and O–H groups in total. The molecule has 1 saturated heterocycles. The fourth-order valence-corrected chi connectivity index (χ4v) is 4.10. The molecular formula is C22H23N3OS. The minimum Gasteiger partial charge on any atom is -0.368 e. The number of nitrogens with zero attached hydrogens (tertiary/aromatic N) is 1. The van der Waals surface area contributed by atoms with Crippen molar-refractivity contribution in [3.05, 3.63) is 70.4 Å². The molecule has 4 nitrogen and oxygen atoms in total. The Balaban J connectivity index is 1.52. The first-order chi connectivity index (χ1) is 13.2. The molecule has 0 saturated carbocycles. The van der Waals surface area contributed by atoms with Crippen LogP contribution in [0, 0.1) is 6.92 Å². The topological polar surface area (TPSA) is 44.4 Å². The Morgan fingerprint density at radius 2 is 1.81 bits per heavy atom. The Morgan fingerprint density at radius 1 is 1.04 bits per heavy atom. The molecule has 5 heteroatoms. The van der Waals surface area contributed by atoms with E-state index in [1.807, 2.05) is 37.3 Å². The second-order valence-corrected chi connectivity index (χ2v) is 7.67. The molecule has 0 unspecified atom stereocenters. The summed E-state index contributed by atoms with van der Waals surface area (Å²) in [6, 6.07) is 18.4. The summed E-state index contributed by atoms with van der Waals surface area (Å²) in [6.45, 7) is 5.96. The molecule has 0 radical (unpaired) electrons. The summed E-state index contributed by atoms with van der Waals surface area (Å²) in [5, 5.41) is 8.52. The quantitative estimate of drug-likeness (QED) is 0.709. The predicted molar refractivity (Wildman–Crippen MR) is 114 cm³/mol. The first kappa shape index (κ1) is 17.8. The zero-order chi connectivity index (χ0) is 18.6. The fourth-order valence-electron chi connectivity index (χ4n) is 3.28. The number of hydrogen-bond donors (Lipinski definition) is 2. The molecule has 1 amide bonds. The van der Waals surface area contributed by atoms with Crippen molar-refractivity contribution in [1.82, 2.24) is 5.32 Å². The second-order valence-electron chi connectivity index (χ2n) is 6.76. The van der Waals surface area contributed by atoms with Gasteiger partial charge in [-0.15, -0.1) is 11.3 Å². The van der Waals surface area contributed by atoms with Gasteiger partial charge in [0.2, 0.25) is 0 Å². The van der Waals surface area contributed by atoms with Gasteiger partial charge in [0.05, 0.1) is 4.88 Å². The molecule has 1 aliphatic rings. The van der Waals surface area contributed by atoms with Crippen LogP contribution in [0.2, 0.25) is 0 Å². The maximum absolute atomic E-state index is 12.8. The molecule has 0 aliphatic carbocycles. The standard InChI is InChI=1S/C22H23N3OS/c1-16-7-8-18(17-5-3-2-4-6-17)13-20(16)24-22(26)21-14-19(15-27-21)25-11-9-23-10-12-25/h2-8,13-15,23H,9-12H2,1H3,(H,24,26). The van der Waals surface area contributed by atoms with E-state index in [-0.39, 0.29) is 5.91 Å². The first-order valence-corrected chi connectivity index (χ1v) is 10.1. The largest absolute Gasteiger partial charge is 0.368 e. The van der Waals surface area contributed by atoms with E-state index in [1.54, 1.807) is 0 Å². The van der Waals surface area contributed by atoms with E-state index in [0.29, 0.717) is 0 Å². The lowest BCUT2D eigenvalue weighted by molar-refractivity contribution is 0.103. The van der Waals surface area contributed by atoms with Crippen LogP contribution in [0.5, 0.6) is 0 Å². The van der Waals surface area contributed by atoms with Crippen molar-refractivity contribution in [3.63, 3.8) is 0 Å². The monoisotopic (exact) mass is 377 g/mol. The fraction of sp³-hybridized carbons (Fsp3) is 0.227. The van der Waals surface area contributed by atoms with Crippen LogP contribution in [0.15, 0.2) is 60.0 Å². The summed E-state index contributed by atoms with van der Waals surface area (Å²) < 4.78 is 0. The molecule has 1 fully saturated rings. The SMILES string of the molecule is Cc1ccc(-c2ccccc2)cc1NC(=O)c1cc(N2CCNCC2)cs1. The number of thiophene rings is 1. The molecule has 0 atom stereocenters. The lowest BCUT2D eigenvalue weighted by atomic mass is 10.0. The second kappa shape index (κ2) is 7.94. The van der Waals surface area contributed by atoms with Crippen LogP contribution in [0.3, 0.4) is 0 Å². The van der Waals surface area contributed by atoms with Crippen LogP contribution in [-0.4, -0.2) is 32.1 Å². The Labute approximate surface area is 163 Å². The van der Waals surface area contributed by atoms with Crippen molar-refractivity contribution in [2.24, 2.45) is 0 Å². The molecule has 27 heavy (non-hydrogen) atoms. The van der Waals surface area contributed by atoms with Crippen LogP contribution in [0.25, 0.3) is 11.1 Å². The zero-order valence-electron chi connectivity index (χ0n) is 15.4. The Morgan fingerprint density at radius 3 is 2.59 bits per heavy atom. The molecule has 138 valence electrons. The van der Waals surface area contributed by atoms with E-state index >= 15 is 0 Å². The summed E-state index contributed by atoms with van der Waals surface area (Å²) in [6.07, 6.45) is 0. The van der Waals surface area contributed by atoms with Gasteiger partial charge < -0.3 is 15.5 Å². The maximum Gasteiger partial charge on any atom is 0.265 e. The van der Waals surface area contributed by atoms with Crippen molar-refractivity contribution in [1.29, 1.82) is 0 Å². The number of carbonyl (C=O) groups is 1. The van der Waals surface area contributed by atoms with Gasteiger partial charge in [-0.25, -0.2) is 0 Å². The number of carbonyl (C=O) groups excluding carboxylic acids is 1. The highest BCUT2D eigenvalue weighted by molar-refractivity contribution is 7.12. The minimum absolute atomic E-state index is 0.0466. The number of amides is 1. The van der Waals surface area contributed by atoms with Crippen LogP contribution in [-0.2, 0) is 0 Å². The highest BCUT2D eigenvalue weighted by Crippen LogP contribution is 2.28. The third-order valence-electron chi connectivity index (χ3n) is 4.88. The third kappa shape index (κ3) is 4.04. The van der Waals surface area contributed by atoms with Gasteiger partial charge >= 0.3 is 0 Å². The highest BCUT2D eigenvalue weighted by Gasteiger charge is 2.16. The average Bonchev–Trinajstić information content (AvgIpc) is 3.21. The predicted octanol–water partition coefficient (Wildman–Crippen LogP) is 4.39. The summed E-state index contributed by atoms with van der Waals surface area (Å²) >= 11 is 1.50. The zero-order valence-corrected chi connectivity index (χ0v) is 16.2. The molecule has 3 aromatic rings. The molecule has 0 spiro atoms. The number of hydrogen-bond acceptors (Lipinski definition) is 4. The van der Waals surface area contributed by atoms with Gasteiger partial charge in [0.25, 0.3) is 5.91 Å². The van der Waals surface area contributed by atoms with Gasteiger partial charge in [-0.2, -0.15) is 0 Å². The smallest absolute Gasteiger partial charge is 0.265 e. The van der Waals surface area contributed by atoms with Gasteiger partial charge in [-0.1, -0.05) is 42.5 Å². The van der Waals surface area contributed by atoms with Gasteiger partial charge in [0.15, 0.2) is 0 Å². The molecule has 4 rings (SSSR count). The van der Waals surface area contributed by atoms with Gasteiger partial charge in [-0.3, -0.25) is 4.79 Å². The maximum atomic E-state index is 12.8. The van der Waals surface area contributed by atoms with E-state index in [4.69, 9.17) is 0 Å². The summed E-state index contributed by atoms with van der Waals surface area (Å²) in [5.74, 6) is -0.0466. The number of rotatable bonds is 4. The lowest BCUT2D eigenvalue weighted by Crippen LogP contribution is -2.43. The molecule has 1 aromatic heterocycles. The number of benzene rings is 2. The van der Waals surface area contributed by atoms with E-state index in [1.165, 1.54) is 11.3 Å². The number of aryl methyl sites for hydroxylation is 1. The lowest BCUT2D eigenvalue weighted by Gasteiger charge is -2.28. The van der Waals surface area contributed by atoms with Crippen LogP contribution in [0.4, 0.5) is 11.4 Å². The van der Waals surface area contributed by atoms with E-state index in [0.717, 1.165) is 59.1 Å². The summed E-state index contributed by atoms with van der Waals surface area (Å²) in [7, 11) is 0. The van der Waals surface area contributed by atoms with Crippen molar-refractivity contribution < 1.29 is 4.79 Å². The third-order valence-corrected chi connectivity index (χ3v) is 5.80. The van der Waals surface area contributed by atoms with Crippen LogP contribution < -0.4 is 15.5 Å².